The number of carbonyl (C=O) groups excluding carboxylic acids is 2. The molecule has 0 radical (unpaired) electrons. The Bertz CT molecular complexity index is 866. The first-order valence-electron chi connectivity index (χ1n) is 13.6. The second-order valence-electron chi connectivity index (χ2n) is 14.2. The maximum Gasteiger partial charge on any atom is 0.138 e. The Balaban J connectivity index is 1.61. The van der Waals surface area contributed by atoms with E-state index in [0.717, 1.165) is 32.1 Å². The highest BCUT2D eigenvalue weighted by Crippen LogP contribution is 2.75. The molecular formula is C30H46O2. The molecule has 5 aliphatic carbocycles. The standard InChI is InChI=1S/C30H46O2/c1-19(2)20-10-15-30(18-31)17-16-28(6)21(25(20)30)8-9-23-27(5)13-12-24(32)26(3,4)22(27)11-14-29(23,28)7/h9,18-22,25H,8,10-17H2,1-7H3. The number of rotatable bonds is 2. The van der Waals surface area contributed by atoms with Crippen LogP contribution in [0.5, 0.6) is 0 Å². The van der Waals surface area contributed by atoms with Crippen LogP contribution in [0.3, 0.4) is 0 Å². The van der Waals surface area contributed by atoms with Crippen molar-refractivity contribution in [1.29, 1.82) is 0 Å². The molecule has 2 heteroatoms. The molecule has 0 saturated heterocycles. The van der Waals surface area contributed by atoms with Crippen LogP contribution in [0.2, 0.25) is 0 Å². The molecular weight excluding hydrogens is 392 g/mol. The molecule has 178 valence electrons. The van der Waals surface area contributed by atoms with Gasteiger partial charge in [0.15, 0.2) is 0 Å². The molecule has 0 bridgehead atoms. The Hall–Kier alpha value is -0.920. The molecule has 0 aromatic rings. The molecule has 5 aliphatic rings. The van der Waals surface area contributed by atoms with Gasteiger partial charge in [0.1, 0.15) is 12.1 Å². The number of allylic oxidation sites excluding steroid dienone is 2. The molecule has 4 saturated carbocycles. The fraction of sp³-hybridized carbons (Fsp3) is 0.867. The summed E-state index contributed by atoms with van der Waals surface area (Å²) >= 11 is 0. The topological polar surface area (TPSA) is 34.1 Å². The van der Waals surface area contributed by atoms with Crippen molar-refractivity contribution < 1.29 is 9.59 Å². The molecule has 8 atom stereocenters. The SMILES string of the molecule is CC(C)C1CCC2(C=O)CCC3(C)C(CC=C4C5(C)CCC(=O)C(C)(C)C5CCC43C)C12. The smallest absolute Gasteiger partial charge is 0.138 e. The molecule has 32 heavy (non-hydrogen) atoms. The number of ketones is 1. The lowest BCUT2D eigenvalue weighted by Gasteiger charge is -2.69. The normalized spacial score (nSPS) is 51.9. The van der Waals surface area contributed by atoms with Gasteiger partial charge >= 0.3 is 0 Å². The lowest BCUT2D eigenvalue weighted by atomic mass is 9.35. The van der Waals surface area contributed by atoms with Gasteiger partial charge in [-0.1, -0.05) is 60.1 Å². The summed E-state index contributed by atoms with van der Waals surface area (Å²) in [6.45, 7) is 16.9. The molecule has 0 aliphatic heterocycles. The van der Waals surface area contributed by atoms with Gasteiger partial charge in [-0.2, -0.15) is 0 Å². The van der Waals surface area contributed by atoms with Gasteiger partial charge in [-0.25, -0.2) is 0 Å². The monoisotopic (exact) mass is 438 g/mol. The highest BCUT2D eigenvalue weighted by Gasteiger charge is 2.68. The fourth-order valence-electron chi connectivity index (χ4n) is 10.7. The van der Waals surface area contributed by atoms with Crippen LogP contribution in [0.4, 0.5) is 0 Å². The van der Waals surface area contributed by atoms with Gasteiger partial charge in [-0.05, 0) is 97.2 Å². The Labute approximate surface area is 196 Å². The summed E-state index contributed by atoms with van der Waals surface area (Å²) < 4.78 is 0. The van der Waals surface area contributed by atoms with Gasteiger partial charge < -0.3 is 4.79 Å². The van der Waals surface area contributed by atoms with E-state index >= 15 is 0 Å². The number of hydrogen-bond acceptors (Lipinski definition) is 2. The van der Waals surface area contributed by atoms with E-state index in [0.29, 0.717) is 35.4 Å². The van der Waals surface area contributed by atoms with Crippen LogP contribution in [0.25, 0.3) is 0 Å². The number of fused-ring (bicyclic) bond motifs is 7. The van der Waals surface area contributed by atoms with E-state index in [1.54, 1.807) is 5.57 Å². The third-order valence-corrected chi connectivity index (χ3v) is 12.7. The predicted octanol–water partition coefficient (Wildman–Crippen LogP) is 7.41. The van der Waals surface area contributed by atoms with E-state index in [9.17, 15) is 9.59 Å². The first kappa shape index (κ1) is 22.9. The van der Waals surface area contributed by atoms with Crippen LogP contribution in [0.1, 0.15) is 106 Å². The minimum atomic E-state index is -0.208. The van der Waals surface area contributed by atoms with E-state index in [1.807, 2.05) is 0 Å². The van der Waals surface area contributed by atoms with Crippen molar-refractivity contribution in [2.75, 3.05) is 0 Å². The van der Waals surface area contributed by atoms with Crippen LogP contribution in [0, 0.1) is 56.7 Å². The highest BCUT2D eigenvalue weighted by molar-refractivity contribution is 5.85. The summed E-state index contributed by atoms with van der Waals surface area (Å²) in [5, 5.41) is 0. The van der Waals surface area contributed by atoms with Crippen molar-refractivity contribution in [3.8, 4) is 0 Å². The maximum atomic E-state index is 12.9. The van der Waals surface area contributed by atoms with E-state index < -0.39 is 0 Å². The zero-order chi connectivity index (χ0) is 23.3. The fourth-order valence-corrected chi connectivity index (χ4v) is 10.7. The van der Waals surface area contributed by atoms with Gasteiger partial charge in [0.25, 0.3) is 0 Å². The molecule has 8 unspecified atom stereocenters. The molecule has 0 aromatic heterocycles. The van der Waals surface area contributed by atoms with E-state index in [4.69, 9.17) is 0 Å². The zero-order valence-electron chi connectivity index (χ0n) is 21.7. The summed E-state index contributed by atoms with van der Waals surface area (Å²) in [4.78, 5) is 25.5. The first-order chi connectivity index (χ1) is 14.9. The van der Waals surface area contributed by atoms with Crippen molar-refractivity contribution in [3.05, 3.63) is 11.6 Å². The van der Waals surface area contributed by atoms with Crippen LogP contribution in [0.15, 0.2) is 11.6 Å². The third-order valence-electron chi connectivity index (χ3n) is 12.7. The largest absolute Gasteiger partial charge is 0.303 e. The van der Waals surface area contributed by atoms with E-state index in [-0.39, 0.29) is 27.1 Å². The Morgan fingerprint density at radius 1 is 0.969 bits per heavy atom. The minimum absolute atomic E-state index is 0.0683. The van der Waals surface area contributed by atoms with Crippen LogP contribution in [-0.2, 0) is 9.59 Å². The lowest BCUT2D eigenvalue weighted by Crippen LogP contribution is -2.62. The Morgan fingerprint density at radius 3 is 2.34 bits per heavy atom. The first-order valence-corrected chi connectivity index (χ1v) is 13.6. The van der Waals surface area contributed by atoms with Crippen molar-refractivity contribution in [1.82, 2.24) is 0 Å². The maximum absolute atomic E-state index is 12.9. The summed E-state index contributed by atoms with van der Waals surface area (Å²) in [5.74, 6) is 3.43. The van der Waals surface area contributed by atoms with Gasteiger partial charge in [0, 0.05) is 17.3 Å². The molecule has 5 rings (SSSR count). The van der Waals surface area contributed by atoms with E-state index in [2.05, 4.69) is 54.5 Å². The van der Waals surface area contributed by atoms with Gasteiger partial charge in [-0.3, -0.25) is 4.79 Å². The third kappa shape index (κ3) is 2.54. The quantitative estimate of drug-likeness (QED) is 0.332. The molecule has 0 spiro atoms. The number of carbonyl (C=O) groups is 2. The van der Waals surface area contributed by atoms with Gasteiger partial charge in [0.05, 0.1) is 0 Å². The summed E-state index contributed by atoms with van der Waals surface area (Å²) in [7, 11) is 0. The number of Topliss-reactive ketones (excluding diaryl/α,β-unsaturated/α-hetero) is 1. The van der Waals surface area contributed by atoms with Crippen molar-refractivity contribution in [3.63, 3.8) is 0 Å². The van der Waals surface area contributed by atoms with Gasteiger partial charge in [-0.15, -0.1) is 0 Å². The Morgan fingerprint density at radius 2 is 1.69 bits per heavy atom. The summed E-state index contributed by atoms with van der Waals surface area (Å²) in [6, 6.07) is 0. The molecule has 0 amide bonds. The zero-order valence-corrected chi connectivity index (χ0v) is 21.7. The van der Waals surface area contributed by atoms with Crippen molar-refractivity contribution in [2.24, 2.45) is 56.7 Å². The summed E-state index contributed by atoms with van der Waals surface area (Å²) in [5.41, 5.74) is 2.01. The van der Waals surface area contributed by atoms with E-state index in [1.165, 1.54) is 32.0 Å². The second-order valence-corrected chi connectivity index (χ2v) is 14.2. The predicted molar refractivity (Wildman–Crippen MR) is 130 cm³/mol. The average Bonchev–Trinajstić information content (AvgIpc) is 3.12. The molecule has 2 nitrogen and oxygen atoms in total. The highest BCUT2D eigenvalue weighted by atomic mass is 16.1. The Kier molecular flexibility index (Phi) is 4.87. The second kappa shape index (κ2) is 6.82. The molecule has 0 aromatic carbocycles. The average molecular weight is 439 g/mol. The van der Waals surface area contributed by atoms with Crippen molar-refractivity contribution >= 4 is 12.1 Å². The van der Waals surface area contributed by atoms with Crippen LogP contribution in [-0.4, -0.2) is 12.1 Å². The van der Waals surface area contributed by atoms with Crippen molar-refractivity contribution in [2.45, 2.75) is 106 Å². The molecule has 0 heterocycles. The number of hydrogen-bond donors (Lipinski definition) is 0. The minimum Gasteiger partial charge on any atom is -0.303 e. The van der Waals surface area contributed by atoms with Crippen LogP contribution < -0.4 is 0 Å². The van der Waals surface area contributed by atoms with Crippen LogP contribution >= 0.6 is 0 Å². The molecule has 0 N–H and O–H groups in total. The molecule has 4 fully saturated rings. The van der Waals surface area contributed by atoms with Gasteiger partial charge in [0.2, 0.25) is 0 Å². The number of aldehydes is 1. The summed E-state index contributed by atoms with van der Waals surface area (Å²) in [6.07, 6.45) is 13.9. The lowest BCUT2D eigenvalue weighted by molar-refractivity contribution is -0.159.